The van der Waals surface area contributed by atoms with Crippen molar-refractivity contribution < 1.29 is 23.9 Å². The molecule has 1 aromatic heterocycles. The lowest BCUT2D eigenvalue weighted by Crippen LogP contribution is -2.26. The monoisotopic (exact) mass is 586 g/mol. The van der Waals surface area contributed by atoms with Crippen molar-refractivity contribution in [3.63, 3.8) is 0 Å². The number of carbonyl (C=O) groups is 1. The molecule has 0 saturated carbocycles. The van der Waals surface area contributed by atoms with Crippen LogP contribution in [0.2, 0.25) is 0 Å². The molecule has 0 unspecified atom stereocenters. The third kappa shape index (κ3) is 6.72. The Morgan fingerprint density at radius 1 is 1.07 bits per heavy atom. The summed E-state index contributed by atoms with van der Waals surface area (Å²) in [5, 5.41) is 16.4. The molecule has 224 valence electrons. The van der Waals surface area contributed by atoms with Crippen molar-refractivity contribution in [3.05, 3.63) is 91.8 Å². The van der Waals surface area contributed by atoms with E-state index in [-0.39, 0.29) is 35.3 Å². The summed E-state index contributed by atoms with van der Waals surface area (Å²) in [4.78, 5) is 41.9. The van der Waals surface area contributed by atoms with Crippen LogP contribution in [0.3, 0.4) is 0 Å². The van der Waals surface area contributed by atoms with Gasteiger partial charge in [0, 0.05) is 23.3 Å². The average molecular weight is 587 g/mol. The summed E-state index contributed by atoms with van der Waals surface area (Å²) >= 11 is 0. The first-order valence-corrected chi connectivity index (χ1v) is 14.0. The predicted molar refractivity (Wildman–Crippen MR) is 164 cm³/mol. The average Bonchev–Trinajstić information content (AvgIpc) is 2.97. The van der Waals surface area contributed by atoms with Crippen LogP contribution in [0.25, 0.3) is 22.3 Å². The van der Waals surface area contributed by atoms with Crippen LogP contribution in [0.1, 0.15) is 57.2 Å². The summed E-state index contributed by atoms with van der Waals surface area (Å²) in [6.07, 6.45) is 0.296. The number of carbonyl (C=O) groups excluding carboxylic acids is 1. The molecule has 1 atom stereocenters. The van der Waals surface area contributed by atoms with Crippen LogP contribution in [0, 0.1) is 17.0 Å². The minimum absolute atomic E-state index is 0.121. The number of nitro benzene ring substituents is 1. The zero-order chi connectivity index (χ0) is 31.3. The lowest BCUT2D eigenvalue weighted by molar-refractivity contribution is -0.384. The van der Waals surface area contributed by atoms with Crippen LogP contribution < -0.4 is 15.0 Å². The minimum atomic E-state index is -0.991. The molecule has 11 heteroatoms. The molecular weight excluding hydrogens is 552 g/mol. The maximum Gasteiger partial charge on any atom is 0.347 e. The normalized spacial score (nSPS) is 12.1. The third-order valence-electron chi connectivity index (χ3n) is 6.71. The number of nitro groups is 1. The number of nitrogens with zero attached hydrogens (tertiary/aromatic N) is 4. The van der Waals surface area contributed by atoms with Crippen molar-refractivity contribution in [1.29, 1.82) is 0 Å². The van der Waals surface area contributed by atoms with Crippen LogP contribution >= 0.6 is 0 Å². The SMILES string of the molecule is CCOC(=O)[C@@H](C)Oc1ccc([N+](=O)[O-])cc1C=Nn1c(-c2cc(C(C)C)c(OCC)cc2C)nc2ccccc2c1=O. The first-order valence-electron chi connectivity index (χ1n) is 14.0. The van der Waals surface area contributed by atoms with Crippen LogP contribution in [-0.4, -0.2) is 46.1 Å². The number of hydrogen-bond donors (Lipinski definition) is 0. The van der Waals surface area contributed by atoms with Gasteiger partial charge in [-0.1, -0.05) is 26.0 Å². The first kappa shape index (κ1) is 30.9. The van der Waals surface area contributed by atoms with E-state index < -0.39 is 22.6 Å². The molecule has 4 rings (SSSR count). The Morgan fingerprint density at radius 3 is 2.49 bits per heavy atom. The summed E-state index contributed by atoms with van der Waals surface area (Å²) in [5.41, 5.74) is 2.48. The minimum Gasteiger partial charge on any atom is -0.494 e. The number of rotatable bonds is 11. The van der Waals surface area contributed by atoms with Crippen molar-refractivity contribution in [1.82, 2.24) is 9.66 Å². The fourth-order valence-electron chi connectivity index (χ4n) is 4.55. The zero-order valence-electron chi connectivity index (χ0n) is 25.0. The van der Waals surface area contributed by atoms with E-state index in [0.717, 1.165) is 16.9 Å². The van der Waals surface area contributed by atoms with Crippen molar-refractivity contribution in [3.8, 4) is 22.9 Å². The fourth-order valence-corrected chi connectivity index (χ4v) is 4.55. The highest BCUT2D eigenvalue weighted by Crippen LogP contribution is 2.34. The molecule has 1 heterocycles. The molecule has 0 amide bonds. The Morgan fingerprint density at radius 2 is 1.81 bits per heavy atom. The van der Waals surface area contributed by atoms with Gasteiger partial charge < -0.3 is 14.2 Å². The lowest BCUT2D eigenvalue weighted by atomic mass is 9.96. The van der Waals surface area contributed by atoms with Gasteiger partial charge in [-0.2, -0.15) is 9.78 Å². The predicted octanol–water partition coefficient (Wildman–Crippen LogP) is 6.01. The van der Waals surface area contributed by atoms with Gasteiger partial charge in [0.15, 0.2) is 11.9 Å². The van der Waals surface area contributed by atoms with Gasteiger partial charge in [0.2, 0.25) is 0 Å². The summed E-state index contributed by atoms with van der Waals surface area (Å²) in [6, 6.07) is 14.7. The Bertz CT molecular complexity index is 1760. The van der Waals surface area contributed by atoms with E-state index in [0.29, 0.717) is 23.1 Å². The van der Waals surface area contributed by atoms with Gasteiger partial charge in [-0.15, -0.1) is 0 Å². The number of benzene rings is 3. The molecule has 0 N–H and O–H groups in total. The molecule has 0 aliphatic rings. The molecule has 0 bridgehead atoms. The first-order chi connectivity index (χ1) is 20.5. The topological polar surface area (TPSA) is 135 Å². The van der Waals surface area contributed by atoms with Gasteiger partial charge in [0.1, 0.15) is 11.5 Å². The standard InChI is InChI=1S/C32H34N4O7/c1-7-41-29-15-20(5)26(17-25(29)19(3)4)30-34-27-12-10-9-11-24(27)31(37)35(30)33-18-22-16-23(36(39)40)13-14-28(22)43-21(6)32(38)42-8-2/h9-19,21H,7-8H2,1-6H3/t21-/m1/s1. The molecule has 3 aromatic carbocycles. The summed E-state index contributed by atoms with van der Waals surface area (Å²) in [6.45, 7) is 11.8. The van der Waals surface area contributed by atoms with E-state index in [1.54, 1.807) is 31.2 Å². The highest BCUT2D eigenvalue weighted by molar-refractivity contribution is 5.86. The van der Waals surface area contributed by atoms with Gasteiger partial charge in [-0.25, -0.2) is 9.78 Å². The molecule has 0 radical (unpaired) electrons. The van der Waals surface area contributed by atoms with E-state index in [4.69, 9.17) is 19.2 Å². The Balaban J connectivity index is 1.93. The quantitative estimate of drug-likeness (QED) is 0.0902. The van der Waals surface area contributed by atoms with Gasteiger partial charge in [-0.05, 0) is 75.1 Å². The van der Waals surface area contributed by atoms with Gasteiger partial charge in [-0.3, -0.25) is 14.9 Å². The van der Waals surface area contributed by atoms with E-state index in [1.807, 2.05) is 26.0 Å². The molecular formula is C32H34N4O7. The largest absolute Gasteiger partial charge is 0.494 e. The van der Waals surface area contributed by atoms with Crippen LogP contribution in [0.15, 0.2) is 64.5 Å². The molecule has 11 nitrogen and oxygen atoms in total. The van der Waals surface area contributed by atoms with Gasteiger partial charge in [0.05, 0.1) is 35.3 Å². The number of aromatic nitrogens is 2. The lowest BCUT2D eigenvalue weighted by Gasteiger charge is -2.18. The van der Waals surface area contributed by atoms with Crippen LogP contribution in [-0.2, 0) is 9.53 Å². The van der Waals surface area contributed by atoms with Crippen molar-refractivity contribution >= 4 is 28.8 Å². The molecule has 0 fully saturated rings. The number of hydrogen-bond acceptors (Lipinski definition) is 9. The highest BCUT2D eigenvalue weighted by Gasteiger charge is 2.21. The number of ether oxygens (including phenoxy) is 3. The third-order valence-corrected chi connectivity index (χ3v) is 6.71. The number of non-ortho nitro benzene ring substituents is 1. The smallest absolute Gasteiger partial charge is 0.347 e. The summed E-state index contributed by atoms with van der Waals surface area (Å²) in [7, 11) is 0. The zero-order valence-corrected chi connectivity index (χ0v) is 25.0. The number of esters is 1. The molecule has 4 aromatic rings. The number of fused-ring (bicyclic) bond motifs is 1. The molecule has 0 aliphatic heterocycles. The van der Waals surface area contributed by atoms with Crippen molar-refractivity contribution in [2.24, 2.45) is 5.10 Å². The second kappa shape index (κ2) is 13.3. The maximum atomic E-state index is 13.8. The molecule has 0 spiro atoms. The molecule has 0 aliphatic carbocycles. The van der Waals surface area contributed by atoms with E-state index >= 15 is 0 Å². The summed E-state index contributed by atoms with van der Waals surface area (Å²) < 4.78 is 17.9. The van der Waals surface area contributed by atoms with E-state index in [9.17, 15) is 19.7 Å². The van der Waals surface area contributed by atoms with Gasteiger partial charge >= 0.3 is 5.97 Å². The number of para-hydroxylation sites is 1. The number of aryl methyl sites for hydroxylation is 1. The second-order valence-corrected chi connectivity index (χ2v) is 10.1. The highest BCUT2D eigenvalue weighted by atomic mass is 16.6. The van der Waals surface area contributed by atoms with Crippen molar-refractivity contribution in [2.75, 3.05) is 13.2 Å². The summed E-state index contributed by atoms with van der Waals surface area (Å²) in [5.74, 6) is 0.725. The molecule has 43 heavy (non-hydrogen) atoms. The van der Waals surface area contributed by atoms with E-state index in [1.165, 1.54) is 36.0 Å². The maximum absolute atomic E-state index is 13.8. The second-order valence-electron chi connectivity index (χ2n) is 10.1. The fraction of sp³-hybridized carbons (Fsp3) is 0.312. The van der Waals surface area contributed by atoms with Crippen molar-refractivity contribution in [2.45, 2.75) is 53.6 Å². The Hall–Kier alpha value is -5.06. The molecule has 0 saturated heterocycles. The van der Waals surface area contributed by atoms with Crippen LogP contribution in [0.5, 0.6) is 11.5 Å². The van der Waals surface area contributed by atoms with Crippen LogP contribution in [0.4, 0.5) is 5.69 Å². The Labute approximate surface area is 248 Å². The van der Waals surface area contributed by atoms with Gasteiger partial charge in [0.25, 0.3) is 11.2 Å². The van der Waals surface area contributed by atoms with E-state index in [2.05, 4.69) is 18.9 Å². The Kier molecular flexibility index (Phi) is 9.54.